The Morgan fingerprint density at radius 3 is 2.38 bits per heavy atom. The van der Waals surface area contributed by atoms with Gasteiger partial charge in [-0.15, -0.1) is 0 Å². The number of rotatable bonds is 2. The van der Waals surface area contributed by atoms with Crippen LogP contribution in [0.4, 0.5) is 19.0 Å². The van der Waals surface area contributed by atoms with Gasteiger partial charge in [0.15, 0.2) is 0 Å². The fourth-order valence-corrected chi connectivity index (χ4v) is 2.90. The number of nitrogens with zero attached hydrogens (tertiary/aromatic N) is 1. The van der Waals surface area contributed by atoms with Gasteiger partial charge in [-0.3, -0.25) is 24.3 Å². The number of alkyl halides is 3. The third kappa shape index (κ3) is 2.58. The SMILES string of the molecule is COc1cc(-n2c(N)c3c(cc2=O)C(=O)NC3=O)c(Cl)c(C(F)(F)F)c1. The van der Waals surface area contributed by atoms with E-state index >= 15 is 0 Å². The summed E-state index contributed by atoms with van der Waals surface area (Å²) >= 11 is 5.86. The molecule has 1 aromatic carbocycles. The second kappa shape index (κ2) is 5.77. The number of carbonyl (C=O) groups is 2. The van der Waals surface area contributed by atoms with E-state index in [4.69, 9.17) is 22.1 Å². The molecular weight excluding hydrogens is 379 g/mol. The van der Waals surface area contributed by atoms with Crippen LogP contribution >= 0.6 is 11.6 Å². The average Bonchev–Trinajstić information content (AvgIpc) is 2.82. The molecular formula is C15H9ClF3N3O4. The first-order valence-corrected chi connectivity index (χ1v) is 7.30. The molecule has 0 fully saturated rings. The fraction of sp³-hybridized carbons (Fsp3) is 0.133. The van der Waals surface area contributed by atoms with Crippen molar-refractivity contribution in [2.45, 2.75) is 6.18 Å². The van der Waals surface area contributed by atoms with Crippen molar-refractivity contribution in [1.82, 2.24) is 9.88 Å². The van der Waals surface area contributed by atoms with E-state index < -0.39 is 45.6 Å². The molecule has 1 aliphatic heterocycles. The van der Waals surface area contributed by atoms with E-state index in [1.807, 2.05) is 5.32 Å². The second-order valence-corrected chi connectivity index (χ2v) is 5.66. The first kappa shape index (κ1) is 17.8. The lowest BCUT2D eigenvalue weighted by Gasteiger charge is -2.18. The predicted molar refractivity (Wildman–Crippen MR) is 84.8 cm³/mol. The smallest absolute Gasteiger partial charge is 0.418 e. The standard InChI is InChI=1S/C15H9ClF3N3O4/c1-26-5-2-7(15(17,18)19)11(16)8(3-5)22-9(23)4-6-10(12(22)20)14(25)21-13(6)24/h2-4H,20H2,1H3,(H,21,24,25). The maximum atomic E-state index is 13.2. The second-order valence-electron chi connectivity index (χ2n) is 5.28. The van der Waals surface area contributed by atoms with Gasteiger partial charge in [0, 0.05) is 12.1 Å². The number of methoxy groups -OCH3 is 1. The van der Waals surface area contributed by atoms with Crippen molar-refractivity contribution < 1.29 is 27.5 Å². The molecule has 1 aliphatic rings. The Balaban J connectivity index is 2.39. The molecule has 2 heterocycles. The number of nitrogens with two attached hydrogens (primary N) is 1. The molecule has 1 aromatic heterocycles. The molecule has 0 radical (unpaired) electrons. The molecule has 11 heteroatoms. The minimum atomic E-state index is -4.83. The number of anilines is 1. The highest BCUT2D eigenvalue weighted by Crippen LogP contribution is 2.40. The van der Waals surface area contributed by atoms with E-state index in [2.05, 4.69) is 0 Å². The molecule has 0 saturated heterocycles. The van der Waals surface area contributed by atoms with Crippen molar-refractivity contribution >= 4 is 29.2 Å². The van der Waals surface area contributed by atoms with Crippen LogP contribution in [0.1, 0.15) is 26.3 Å². The molecule has 0 unspecified atom stereocenters. The molecule has 0 aliphatic carbocycles. The van der Waals surface area contributed by atoms with E-state index in [-0.39, 0.29) is 16.9 Å². The predicted octanol–water partition coefficient (Wildman–Crippen LogP) is 1.98. The fourth-order valence-electron chi connectivity index (χ4n) is 2.60. The number of ether oxygens (including phenoxy) is 1. The maximum Gasteiger partial charge on any atom is 0.418 e. The third-order valence-electron chi connectivity index (χ3n) is 3.76. The van der Waals surface area contributed by atoms with Gasteiger partial charge in [-0.1, -0.05) is 11.6 Å². The molecule has 7 nitrogen and oxygen atoms in total. The average molecular weight is 388 g/mol. The van der Waals surface area contributed by atoms with Crippen LogP contribution in [0.2, 0.25) is 5.02 Å². The quantitative estimate of drug-likeness (QED) is 0.767. The minimum Gasteiger partial charge on any atom is -0.497 e. The lowest BCUT2D eigenvalue weighted by atomic mass is 10.1. The zero-order valence-corrected chi connectivity index (χ0v) is 13.7. The summed E-state index contributed by atoms with van der Waals surface area (Å²) in [6, 6.07) is 2.53. The van der Waals surface area contributed by atoms with Crippen LogP contribution in [0.3, 0.4) is 0 Å². The van der Waals surface area contributed by atoms with Gasteiger partial charge < -0.3 is 10.5 Å². The third-order valence-corrected chi connectivity index (χ3v) is 4.16. The zero-order chi connectivity index (χ0) is 19.4. The molecule has 3 N–H and O–H groups in total. The molecule has 2 aromatic rings. The van der Waals surface area contributed by atoms with Gasteiger partial charge in [-0.25, -0.2) is 0 Å². The molecule has 2 amide bonds. The monoisotopic (exact) mass is 387 g/mol. The van der Waals surface area contributed by atoms with Crippen LogP contribution in [0, 0.1) is 0 Å². The van der Waals surface area contributed by atoms with Gasteiger partial charge in [-0.05, 0) is 6.07 Å². The van der Waals surface area contributed by atoms with E-state index in [0.717, 1.165) is 19.2 Å². The van der Waals surface area contributed by atoms with Crippen LogP contribution in [-0.2, 0) is 6.18 Å². The van der Waals surface area contributed by atoms with Crippen LogP contribution in [0.5, 0.6) is 5.75 Å². The van der Waals surface area contributed by atoms with Crippen LogP contribution in [0.15, 0.2) is 23.0 Å². The number of amides is 2. The van der Waals surface area contributed by atoms with Crippen molar-refractivity contribution in [3.8, 4) is 11.4 Å². The number of nitrogen functional groups attached to an aromatic ring is 1. The molecule has 136 valence electrons. The highest BCUT2D eigenvalue weighted by Gasteiger charge is 2.37. The first-order chi connectivity index (χ1) is 12.1. The summed E-state index contributed by atoms with van der Waals surface area (Å²) in [7, 11) is 1.13. The number of benzene rings is 1. The highest BCUT2D eigenvalue weighted by atomic mass is 35.5. The summed E-state index contributed by atoms with van der Waals surface area (Å²) in [5.41, 5.74) is 2.61. The van der Waals surface area contributed by atoms with Gasteiger partial charge in [0.25, 0.3) is 17.4 Å². The molecule has 0 atom stereocenters. The number of halogens is 4. The van der Waals surface area contributed by atoms with Gasteiger partial charge in [0.05, 0.1) is 34.5 Å². The Bertz CT molecular complexity index is 1030. The summed E-state index contributed by atoms with van der Waals surface area (Å²) < 4.78 is 45.1. The maximum absolute atomic E-state index is 13.2. The minimum absolute atomic E-state index is 0.232. The Hall–Kier alpha value is -3.01. The number of carbonyl (C=O) groups excluding carboxylic acids is 2. The Morgan fingerprint density at radius 2 is 1.81 bits per heavy atom. The van der Waals surface area contributed by atoms with Crippen LogP contribution < -0.4 is 21.3 Å². The number of nitrogens with one attached hydrogen (secondary N) is 1. The number of hydrogen-bond donors (Lipinski definition) is 2. The van der Waals surface area contributed by atoms with E-state index in [0.29, 0.717) is 10.6 Å². The van der Waals surface area contributed by atoms with E-state index in [1.165, 1.54) is 0 Å². The molecule has 26 heavy (non-hydrogen) atoms. The normalized spacial score (nSPS) is 13.6. The Morgan fingerprint density at radius 1 is 1.15 bits per heavy atom. The summed E-state index contributed by atoms with van der Waals surface area (Å²) in [4.78, 5) is 35.9. The van der Waals surface area contributed by atoms with E-state index in [9.17, 15) is 27.6 Å². The topological polar surface area (TPSA) is 103 Å². The van der Waals surface area contributed by atoms with Crippen molar-refractivity contribution in [2.24, 2.45) is 0 Å². The van der Waals surface area contributed by atoms with Crippen LogP contribution in [-0.4, -0.2) is 23.5 Å². The summed E-state index contributed by atoms with van der Waals surface area (Å²) in [6.07, 6.45) is -4.83. The number of fused-ring (bicyclic) bond motifs is 1. The molecule has 0 bridgehead atoms. The number of imide groups is 1. The lowest BCUT2D eigenvalue weighted by Crippen LogP contribution is -2.25. The number of pyridine rings is 1. The van der Waals surface area contributed by atoms with E-state index in [1.54, 1.807) is 0 Å². The molecule has 0 saturated carbocycles. The van der Waals surface area contributed by atoms with Crippen LogP contribution in [0.25, 0.3) is 5.69 Å². The summed E-state index contributed by atoms with van der Waals surface area (Å²) in [5.74, 6) is -2.44. The zero-order valence-electron chi connectivity index (χ0n) is 12.9. The number of aromatic nitrogens is 1. The Kier molecular flexibility index (Phi) is 3.95. The first-order valence-electron chi connectivity index (χ1n) is 6.92. The van der Waals surface area contributed by atoms with Crippen molar-refractivity contribution in [3.63, 3.8) is 0 Å². The lowest BCUT2D eigenvalue weighted by molar-refractivity contribution is -0.137. The summed E-state index contributed by atoms with van der Waals surface area (Å²) in [5, 5.41) is 1.15. The molecule has 0 spiro atoms. The van der Waals surface area contributed by atoms with Crippen molar-refractivity contribution in [3.05, 3.63) is 50.3 Å². The van der Waals surface area contributed by atoms with Crippen molar-refractivity contribution in [2.75, 3.05) is 12.8 Å². The van der Waals surface area contributed by atoms with Gasteiger partial charge in [0.1, 0.15) is 11.6 Å². The van der Waals surface area contributed by atoms with Crippen molar-refractivity contribution in [1.29, 1.82) is 0 Å². The van der Waals surface area contributed by atoms with Gasteiger partial charge >= 0.3 is 6.18 Å². The van der Waals surface area contributed by atoms with Gasteiger partial charge in [0.2, 0.25) is 0 Å². The van der Waals surface area contributed by atoms with Gasteiger partial charge in [-0.2, -0.15) is 13.2 Å². The largest absolute Gasteiger partial charge is 0.497 e. The summed E-state index contributed by atoms with van der Waals surface area (Å²) in [6.45, 7) is 0. The number of hydrogen-bond acceptors (Lipinski definition) is 5. The molecule has 3 rings (SSSR count). The Labute approximate surface area is 148 Å². The highest BCUT2D eigenvalue weighted by molar-refractivity contribution is 6.33.